The summed E-state index contributed by atoms with van der Waals surface area (Å²) in [6.07, 6.45) is 0. The topological polar surface area (TPSA) is 56.8 Å². The van der Waals surface area contributed by atoms with Crippen molar-refractivity contribution in [2.24, 2.45) is 5.92 Å². The smallest absolute Gasteiger partial charge is 0.231 e. The summed E-state index contributed by atoms with van der Waals surface area (Å²) in [7, 11) is 1.62. The fraction of sp³-hybridized carbons (Fsp3) is 0.409. The van der Waals surface area contributed by atoms with E-state index in [1.807, 2.05) is 49.4 Å². The maximum atomic E-state index is 12.7. The van der Waals surface area contributed by atoms with Crippen LogP contribution in [0.25, 0.3) is 0 Å². The van der Waals surface area contributed by atoms with Crippen molar-refractivity contribution in [3.05, 3.63) is 53.6 Å². The molecule has 1 heterocycles. The third kappa shape index (κ3) is 4.35. The van der Waals surface area contributed by atoms with Crippen molar-refractivity contribution in [1.82, 2.24) is 5.32 Å². The van der Waals surface area contributed by atoms with Crippen molar-refractivity contribution in [2.75, 3.05) is 20.3 Å². The molecule has 27 heavy (non-hydrogen) atoms. The maximum absolute atomic E-state index is 12.7. The molecule has 5 nitrogen and oxygen atoms in total. The summed E-state index contributed by atoms with van der Waals surface area (Å²) >= 11 is 0. The third-order valence-corrected chi connectivity index (χ3v) is 4.64. The van der Waals surface area contributed by atoms with Gasteiger partial charge in [0.15, 0.2) is 11.5 Å². The van der Waals surface area contributed by atoms with Crippen molar-refractivity contribution in [1.29, 1.82) is 0 Å². The number of rotatable bonds is 7. The molecule has 1 aliphatic heterocycles. The zero-order valence-electron chi connectivity index (χ0n) is 16.3. The molecule has 0 aliphatic carbocycles. The van der Waals surface area contributed by atoms with Crippen LogP contribution in [0.5, 0.6) is 17.2 Å². The number of amides is 1. The molecule has 0 radical (unpaired) electrons. The second kappa shape index (κ2) is 8.33. The molecule has 3 rings (SSSR count). The van der Waals surface area contributed by atoms with E-state index in [0.29, 0.717) is 30.6 Å². The van der Waals surface area contributed by atoms with Crippen LogP contribution in [0.4, 0.5) is 0 Å². The van der Waals surface area contributed by atoms with E-state index in [1.165, 1.54) is 0 Å². The predicted molar refractivity (Wildman–Crippen MR) is 105 cm³/mol. The van der Waals surface area contributed by atoms with Crippen molar-refractivity contribution in [3.8, 4) is 17.2 Å². The van der Waals surface area contributed by atoms with Gasteiger partial charge in [-0.2, -0.15) is 0 Å². The first kappa shape index (κ1) is 19.1. The van der Waals surface area contributed by atoms with Crippen molar-refractivity contribution < 1.29 is 19.0 Å². The van der Waals surface area contributed by atoms with Crippen LogP contribution < -0.4 is 19.5 Å². The van der Waals surface area contributed by atoms with Gasteiger partial charge in [0.1, 0.15) is 18.3 Å². The van der Waals surface area contributed by atoms with Crippen LogP contribution in [-0.4, -0.2) is 26.2 Å². The molecular formula is C22H27NO4. The average Bonchev–Trinajstić information content (AvgIpc) is 3.10. The van der Waals surface area contributed by atoms with Gasteiger partial charge in [-0.15, -0.1) is 0 Å². The Balaban J connectivity index is 1.69. The van der Waals surface area contributed by atoms with Crippen LogP contribution in [0.2, 0.25) is 0 Å². The molecule has 2 atom stereocenters. The fourth-order valence-electron chi connectivity index (χ4n) is 3.11. The molecule has 1 amide bonds. The van der Waals surface area contributed by atoms with Crippen LogP contribution in [0, 0.1) is 5.92 Å². The molecule has 0 spiro atoms. The van der Waals surface area contributed by atoms with Crippen LogP contribution >= 0.6 is 0 Å². The van der Waals surface area contributed by atoms with Gasteiger partial charge >= 0.3 is 0 Å². The Kier molecular flexibility index (Phi) is 5.89. The summed E-state index contributed by atoms with van der Waals surface area (Å²) in [6, 6.07) is 13.3. The Hall–Kier alpha value is -2.69. The van der Waals surface area contributed by atoms with Gasteiger partial charge in [0.2, 0.25) is 5.91 Å². The average molecular weight is 369 g/mol. The SMILES string of the molecule is COc1cc(C(C)NC(=O)C2COc3ccccc32)ccc1OCC(C)C. The van der Waals surface area contributed by atoms with Crippen LogP contribution in [-0.2, 0) is 4.79 Å². The molecule has 0 bridgehead atoms. The van der Waals surface area contributed by atoms with Gasteiger partial charge in [0, 0.05) is 5.56 Å². The number of hydrogen-bond acceptors (Lipinski definition) is 4. The monoisotopic (exact) mass is 369 g/mol. The lowest BCUT2D eigenvalue weighted by molar-refractivity contribution is -0.123. The molecular weight excluding hydrogens is 342 g/mol. The van der Waals surface area contributed by atoms with Crippen molar-refractivity contribution in [3.63, 3.8) is 0 Å². The quantitative estimate of drug-likeness (QED) is 0.799. The van der Waals surface area contributed by atoms with E-state index in [9.17, 15) is 4.79 Å². The minimum atomic E-state index is -0.279. The summed E-state index contributed by atoms with van der Waals surface area (Å²) in [5, 5.41) is 3.08. The van der Waals surface area contributed by atoms with Gasteiger partial charge in [0.05, 0.1) is 19.8 Å². The Morgan fingerprint density at radius 2 is 1.96 bits per heavy atom. The van der Waals surface area contributed by atoms with Gasteiger partial charge in [-0.25, -0.2) is 0 Å². The van der Waals surface area contributed by atoms with E-state index >= 15 is 0 Å². The number of methoxy groups -OCH3 is 1. The number of nitrogens with one attached hydrogen (secondary N) is 1. The van der Waals surface area contributed by atoms with Crippen molar-refractivity contribution in [2.45, 2.75) is 32.7 Å². The molecule has 2 aromatic carbocycles. The molecule has 0 saturated heterocycles. The number of hydrogen-bond donors (Lipinski definition) is 1. The second-order valence-electron chi connectivity index (χ2n) is 7.25. The van der Waals surface area contributed by atoms with E-state index in [2.05, 4.69) is 19.2 Å². The lowest BCUT2D eigenvalue weighted by Gasteiger charge is -2.19. The molecule has 0 saturated carbocycles. The van der Waals surface area contributed by atoms with Crippen LogP contribution in [0.1, 0.15) is 43.9 Å². The lowest BCUT2D eigenvalue weighted by Crippen LogP contribution is -2.32. The normalized spacial score (nSPS) is 16.4. The zero-order valence-corrected chi connectivity index (χ0v) is 16.3. The summed E-state index contributed by atoms with van der Waals surface area (Å²) in [6.45, 7) is 7.17. The summed E-state index contributed by atoms with van der Waals surface area (Å²) in [5.41, 5.74) is 1.90. The molecule has 2 aromatic rings. The molecule has 144 valence electrons. The standard InChI is InChI=1S/C22H27NO4/c1-14(2)12-26-20-10-9-16(11-21(20)25-4)15(3)23-22(24)18-13-27-19-8-6-5-7-17(18)19/h5-11,14-15,18H,12-13H2,1-4H3,(H,23,24). The van der Waals surface area contributed by atoms with E-state index in [-0.39, 0.29) is 17.9 Å². The second-order valence-corrected chi connectivity index (χ2v) is 7.25. The first-order valence-corrected chi connectivity index (χ1v) is 9.32. The highest BCUT2D eigenvalue weighted by molar-refractivity contribution is 5.85. The highest BCUT2D eigenvalue weighted by Crippen LogP contribution is 2.35. The minimum absolute atomic E-state index is 0.0356. The number of carbonyl (C=O) groups is 1. The molecule has 2 unspecified atom stereocenters. The number of fused-ring (bicyclic) bond motifs is 1. The number of carbonyl (C=O) groups excluding carboxylic acids is 1. The molecule has 1 aliphatic rings. The molecule has 5 heteroatoms. The Morgan fingerprint density at radius 1 is 1.19 bits per heavy atom. The first-order valence-electron chi connectivity index (χ1n) is 9.32. The van der Waals surface area contributed by atoms with Crippen LogP contribution in [0.15, 0.2) is 42.5 Å². The molecule has 1 N–H and O–H groups in total. The van der Waals surface area contributed by atoms with E-state index in [1.54, 1.807) is 7.11 Å². The van der Waals surface area contributed by atoms with Gasteiger partial charge in [0.25, 0.3) is 0 Å². The first-order chi connectivity index (χ1) is 13.0. The van der Waals surface area contributed by atoms with E-state index < -0.39 is 0 Å². The number of benzene rings is 2. The Bertz CT molecular complexity index is 803. The summed E-state index contributed by atoms with van der Waals surface area (Å²) in [5.74, 6) is 2.30. The molecule has 0 aromatic heterocycles. The largest absolute Gasteiger partial charge is 0.493 e. The molecule has 0 fully saturated rings. The van der Waals surface area contributed by atoms with E-state index in [0.717, 1.165) is 16.9 Å². The maximum Gasteiger partial charge on any atom is 0.231 e. The van der Waals surface area contributed by atoms with Gasteiger partial charge < -0.3 is 19.5 Å². The number of ether oxygens (including phenoxy) is 3. The Morgan fingerprint density at radius 3 is 2.70 bits per heavy atom. The lowest BCUT2D eigenvalue weighted by atomic mass is 9.99. The summed E-state index contributed by atoms with van der Waals surface area (Å²) < 4.78 is 16.9. The Labute approximate surface area is 160 Å². The van der Waals surface area contributed by atoms with Gasteiger partial charge in [-0.3, -0.25) is 4.79 Å². The predicted octanol–water partition coefficient (Wildman–Crippen LogP) is 4.08. The minimum Gasteiger partial charge on any atom is -0.493 e. The fourth-order valence-corrected chi connectivity index (χ4v) is 3.11. The third-order valence-electron chi connectivity index (χ3n) is 4.64. The number of para-hydroxylation sites is 1. The van der Waals surface area contributed by atoms with Crippen molar-refractivity contribution >= 4 is 5.91 Å². The van der Waals surface area contributed by atoms with E-state index in [4.69, 9.17) is 14.2 Å². The van der Waals surface area contributed by atoms with Crippen LogP contribution in [0.3, 0.4) is 0 Å². The highest BCUT2D eigenvalue weighted by Gasteiger charge is 2.30. The zero-order chi connectivity index (χ0) is 19.4. The van der Waals surface area contributed by atoms with Gasteiger partial charge in [-0.1, -0.05) is 38.1 Å². The van der Waals surface area contributed by atoms with Gasteiger partial charge in [-0.05, 0) is 36.6 Å². The summed E-state index contributed by atoms with van der Waals surface area (Å²) in [4.78, 5) is 12.7. The highest BCUT2D eigenvalue weighted by atomic mass is 16.5.